The van der Waals surface area contributed by atoms with Crippen LogP contribution in [-0.2, 0) is 0 Å². The van der Waals surface area contributed by atoms with E-state index in [0.29, 0.717) is 0 Å². The number of hydrogen-bond donors (Lipinski definition) is 0. The summed E-state index contributed by atoms with van der Waals surface area (Å²) >= 11 is 0. The number of benzene rings is 3. The Kier molecular flexibility index (Phi) is 3.54. The van der Waals surface area contributed by atoms with Crippen molar-refractivity contribution in [1.29, 1.82) is 0 Å². The third-order valence-corrected chi connectivity index (χ3v) is 4.98. The van der Waals surface area contributed by atoms with Gasteiger partial charge in [-0.05, 0) is 62.7 Å². The van der Waals surface area contributed by atoms with Gasteiger partial charge in [-0.2, -0.15) is 0 Å². The van der Waals surface area contributed by atoms with Crippen LogP contribution in [0.2, 0.25) is 0 Å². The molecule has 0 heterocycles. The van der Waals surface area contributed by atoms with Crippen molar-refractivity contribution in [3.63, 3.8) is 0 Å². The van der Waals surface area contributed by atoms with Crippen LogP contribution in [0.1, 0.15) is 33.4 Å². The molecule has 0 heteroatoms. The average Bonchev–Trinajstić information content (AvgIpc) is 3.27. The fraction of sp³-hybridized carbons (Fsp3) is 0. The van der Waals surface area contributed by atoms with Crippen LogP contribution in [-0.4, -0.2) is 0 Å². The minimum Gasteiger partial charge on any atom is -0.0616 e. The summed E-state index contributed by atoms with van der Waals surface area (Å²) in [7, 11) is 0. The molecule has 26 heavy (non-hydrogen) atoms. The van der Waals surface area contributed by atoms with Crippen LogP contribution in [0.25, 0.3) is 35.5 Å². The van der Waals surface area contributed by atoms with Crippen LogP contribution in [0.15, 0.2) is 84.9 Å². The van der Waals surface area contributed by atoms with Gasteiger partial charge in [-0.25, -0.2) is 0 Å². The van der Waals surface area contributed by atoms with E-state index < -0.39 is 0 Å². The molecule has 0 radical (unpaired) electrons. The van der Waals surface area contributed by atoms with Crippen molar-refractivity contribution in [2.24, 2.45) is 0 Å². The zero-order valence-electron chi connectivity index (χ0n) is 14.4. The summed E-state index contributed by atoms with van der Waals surface area (Å²) in [5.74, 6) is 0. The smallest absolute Gasteiger partial charge is 0.0111 e. The molecule has 3 aromatic carbocycles. The van der Waals surface area contributed by atoms with E-state index >= 15 is 0 Å². The highest BCUT2D eigenvalue weighted by Crippen LogP contribution is 2.32. The van der Waals surface area contributed by atoms with Crippen LogP contribution in [0.5, 0.6) is 0 Å². The lowest BCUT2D eigenvalue weighted by Gasteiger charge is -2.04. The van der Waals surface area contributed by atoms with Gasteiger partial charge in [0, 0.05) is 0 Å². The SMILES string of the molecule is C1=Cc2ccccc2C1=Cc1cccc(C=C2C=Cc3ccccc32)c1. The molecule has 0 saturated carbocycles. The minimum absolute atomic E-state index is 1.23. The lowest BCUT2D eigenvalue weighted by Crippen LogP contribution is -1.83. The standard InChI is InChI=1S/C26H18/c1-3-10-25-21(8-1)12-14-23(25)17-19-6-5-7-20(16-19)18-24-15-13-22-9-2-4-11-26(22)24/h1-18H. The molecule has 0 bridgehead atoms. The Hall–Kier alpha value is -3.38. The van der Waals surface area contributed by atoms with Gasteiger partial charge < -0.3 is 0 Å². The van der Waals surface area contributed by atoms with Gasteiger partial charge in [-0.15, -0.1) is 0 Å². The highest BCUT2D eigenvalue weighted by atomic mass is 14.1. The molecule has 0 aliphatic heterocycles. The normalized spacial score (nSPS) is 17.1. The summed E-state index contributed by atoms with van der Waals surface area (Å²) in [6, 6.07) is 25.8. The fourth-order valence-electron chi connectivity index (χ4n) is 3.70. The predicted molar refractivity (Wildman–Crippen MR) is 113 cm³/mol. The molecule has 0 saturated heterocycles. The third kappa shape index (κ3) is 2.66. The average molecular weight is 330 g/mol. The molecular weight excluding hydrogens is 312 g/mol. The van der Waals surface area contributed by atoms with E-state index in [9.17, 15) is 0 Å². The Labute approximate surface area is 154 Å². The molecule has 0 aromatic heterocycles. The number of allylic oxidation sites excluding steroid dienone is 4. The van der Waals surface area contributed by atoms with Crippen molar-refractivity contribution in [2.45, 2.75) is 0 Å². The van der Waals surface area contributed by atoms with Gasteiger partial charge in [0.2, 0.25) is 0 Å². The van der Waals surface area contributed by atoms with Gasteiger partial charge in [-0.3, -0.25) is 0 Å². The Bertz CT molecular complexity index is 1030. The van der Waals surface area contributed by atoms with E-state index in [1.165, 1.54) is 44.5 Å². The van der Waals surface area contributed by atoms with E-state index in [1.807, 2.05) is 0 Å². The first-order valence-electron chi connectivity index (χ1n) is 8.95. The lowest BCUT2D eigenvalue weighted by molar-refractivity contribution is 1.59. The topological polar surface area (TPSA) is 0 Å². The number of fused-ring (bicyclic) bond motifs is 2. The summed E-state index contributed by atoms with van der Waals surface area (Å²) in [5.41, 5.74) is 10.2. The molecule has 0 unspecified atom stereocenters. The molecule has 2 aliphatic carbocycles. The summed E-state index contributed by atoms with van der Waals surface area (Å²) in [4.78, 5) is 0. The second kappa shape index (κ2) is 6.16. The highest BCUT2D eigenvalue weighted by Gasteiger charge is 2.10. The van der Waals surface area contributed by atoms with Gasteiger partial charge in [0.05, 0.1) is 0 Å². The first-order valence-corrected chi connectivity index (χ1v) is 8.95. The highest BCUT2D eigenvalue weighted by molar-refractivity contribution is 5.99. The van der Waals surface area contributed by atoms with Crippen molar-refractivity contribution in [3.8, 4) is 0 Å². The van der Waals surface area contributed by atoms with E-state index in [0.717, 1.165) is 0 Å². The molecular formula is C26H18. The summed E-state index contributed by atoms with van der Waals surface area (Å²) in [6.07, 6.45) is 13.3. The summed E-state index contributed by atoms with van der Waals surface area (Å²) in [6.45, 7) is 0. The van der Waals surface area contributed by atoms with Gasteiger partial charge >= 0.3 is 0 Å². The Morgan fingerprint density at radius 3 is 1.50 bits per heavy atom. The van der Waals surface area contributed by atoms with Crippen molar-refractivity contribution >= 4 is 35.5 Å². The van der Waals surface area contributed by atoms with Gasteiger partial charge in [0.1, 0.15) is 0 Å². The largest absolute Gasteiger partial charge is 0.0616 e. The molecule has 0 amide bonds. The van der Waals surface area contributed by atoms with Crippen molar-refractivity contribution in [3.05, 3.63) is 118 Å². The van der Waals surface area contributed by atoms with E-state index in [1.54, 1.807) is 0 Å². The maximum absolute atomic E-state index is 2.27. The zero-order chi connectivity index (χ0) is 17.3. The zero-order valence-corrected chi connectivity index (χ0v) is 14.4. The molecule has 0 fully saturated rings. The second-order valence-electron chi connectivity index (χ2n) is 6.71. The van der Waals surface area contributed by atoms with Gasteiger partial charge in [0.15, 0.2) is 0 Å². The van der Waals surface area contributed by atoms with Crippen molar-refractivity contribution < 1.29 is 0 Å². The molecule has 122 valence electrons. The van der Waals surface area contributed by atoms with Crippen molar-refractivity contribution in [2.75, 3.05) is 0 Å². The monoisotopic (exact) mass is 330 g/mol. The lowest BCUT2D eigenvalue weighted by atomic mass is 10.0. The molecule has 2 aliphatic rings. The van der Waals surface area contributed by atoms with Crippen LogP contribution >= 0.6 is 0 Å². The third-order valence-electron chi connectivity index (χ3n) is 4.98. The van der Waals surface area contributed by atoms with Crippen LogP contribution < -0.4 is 0 Å². The first kappa shape index (κ1) is 14.9. The quantitative estimate of drug-likeness (QED) is 0.483. The molecule has 0 N–H and O–H groups in total. The number of hydrogen-bond acceptors (Lipinski definition) is 0. The summed E-state index contributed by atoms with van der Waals surface area (Å²) in [5, 5.41) is 0. The first-order chi connectivity index (χ1) is 12.9. The maximum Gasteiger partial charge on any atom is -0.0111 e. The van der Waals surface area contributed by atoms with E-state index in [-0.39, 0.29) is 0 Å². The van der Waals surface area contributed by atoms with Gasteiger partial charge in [-0.1, -0.05) is 91.0 Å². The van der Waals surface area contributed by atoms with Crippen LogP contribution in [0, 0.1) is 0 Å². The second-order valence-corrected chi connectivity index (χ2v) is 6.71. The van der Waals surface area contributed by atoms with Crippen LogP contribution in [0.4, 0.5) is 0 Å². The van der Waals surface area contributed by atoms with Gasteiger partial charge in [0.25, 0.3) is 0 Å². The summed E-state index contributed by atoms with van der Waals surface area (Å²) < 4.78 is 0. The predicted octanol–water partition coefficient (Wildman–Crippen LogP) is 6.82. The molecule has 3 aromatic rings. The number of rotatable bonds is 2. The van der Waals surface area contributed by atoms with Crippen molar-refractivity contribution in [1.82, 2.24) is 0 Å². The fourth-order valence-corrected chi connectivity index (χ4v) is 3.70. The molecule has 5 rings (SSSR count). The minimum atomic E-state index is 1.23. The Morgan fingerprint density at radius 2 is 0.962 bits per heavy atom. The molecule has 0 nitrogen and oxygen atoms in total. The maximum atomic E-state index is 2.27. The van der Waals surface area contributed by atoms with E-state index in [2.05, 4.69) is 109 Å². The Morgan fingerprint density at radius 1 is 0.462 bits per heavy atom. The Balaban J connectivity index is 1.50. The van der Waals surface area contributed by atoms with Crippen LogP contribution in [0.3, 0.4) is 0 Å². The molecule has 0 atom stereocenters. The molecule has 0 spiro atoms. The van der Waals surface area contributed by atoms with E-state index in [4.69, 9.17) is 0 Å².